The molecule has 0 aliphatic carbocycles. The number of nitrogens with zero attached hydrogens (tertiary/aromatic N) is 6. The van der Waals surface area contributed by atoms with Crippen molar-refractivity contribution < 1.29 is 5.32 Å². The van der Waals surface area contributed by atoms with Gasteiger partial charge in [0.25, 0.3) is 0 Å². The van der Waals surface area contributed by atoms with Crippen LogP contribution in [-0.4, -0.2) is 22.2 Å². The molecule has 1 aromatic heterocycles. The smallest absolute Gasteiger partial charge is 0.233 e. The average molecular weight is 455 g/mol. The van der Waals surface area contributed by atoms with Gasteiger partial charge in [0.2, 0.25) is 5.62 Å². The van der Waals surface area contributed by atoms with Crippen molar-refractivity contribution >= 4 is 22.4 Å². The Morgan fingerprint density at radius 3 is 2.06 bits per heavy atom. The molecular weight excluding hydrogens is 422 g/mol. The number of anilines is 1. The molecule has 0 radical (unpaired) electrons. The highest BCUT2D eigenvalue weighted by Gasteiger charge is 2.15. The summed E-state index contributed by atoms with van der Waals surface area (Å²) in [4.78, 5) is 1.96. The summed E-state index contributed by atoms with van der Waals surface area (Å²) >= 11 is 0. The van der Waals surface area contributed by atoms with E-state index in [1.54, 1.807) is 0 Å². The fourth-order valence-corrected chi connectivity index (χ4v) is 3.76. The Kier molecular flexibility index (Phi) is 8.71. The molecule has 0 aliphatic heterocycles. The molecule has 0 unspecified atom stereocenters. The van der Waals surface area contributed by atoms with Gasteiger partial charge in [0.1, 0.15) is 5.69 Å². The first-order chi connectivity index (χ1) is 16.7. The van der Waals surface area contributed by atoms with Gasteiger partial charge in [0.15, 0.2) is 11.5 Å². The number of para-hydroxylation sites is 4. The van der Waals surface area contributed by atoms with E-state index < -0.39 is 0 Å². The van der Waals surface area contributed by atoms with Gasteiger partial charge < -0.3 is 19.4 Å². The minimum absolute atomic E-state index is 0.463. The molecule has 0 fully saturated rings. The van der Waals surface area contributed by atoms with Crippen LogP contribution in [0.1, 0.15) is 0 Å². The summed E-state index contributed by atoms with van der Waals surface area (Å²) in [6.07, 6.45) is 7.34. The van der Waals surface area contributed by atoms with E-state index in [2.05, 4.69) is 81.0 Å². The summed E-state index contributed by atoms with van der Waals surface area (Å²) in [6.45, 7) is 22.1. The lowest BCUT2D eigenvalue weighted by atomic mass is 10.2. The fraction of sp³-hybridized carbons (Fsp3) is 0.148. The number of aromatic nitrogens is 2. The maximum absolute atomic E-state index is 4.48. The number of hydrogen-bond donors (Lipinski definition) is 1. The molecule has 34 heavy (non-hydrogen) atoms. The van der Waals surface area contributed by atoms with Gasteiger partial charge in [0, 0.05) is 25.7 Å². The molecule has 0 aliphatic rings. The Morgan fingerprint density at radius 2 is 1.47 bits per heavy atom. The van der Waals surface area contributed by atoms with Crippen molar-refractivity contribution in [2.45, 2.75) is 13.1 Å². The van der Waals surface area contributed by atoms with E-state index in [9.17, 15) is 0 Å². The Bertz CT molecular complexity index is 1240. The molecule has 174 valence electrons. The number of allylic oxidation sites excluding steroid dienone is 2. The molecule has 0 bridgehead atoms. The molecule has 1 heterocycles. The minimum atomic E-state index is 0.463. The summed E-state index contributed by atoms with van der Waals surface area (Å²) in [5.74, 6) is 0.463. The monoisotopic (exact) mass is 454 g/mol. The molecule has 0 saturated carbocycles. The van der Waals surface area contributed by atoms with Crippen LogP contribution in [0.4, 0.5) is 11.4 Å². The number of nitrogens with two attached hydrogens (primary N) is 1. The largest absolute Gasteiger partial charge is 0.316 e. The predicted octanol–water partition coefficient (Wildman–Crippen LogP) is 4.63. The SMILES string of the molecule is C=CC[NH2+]c1ccccc1N(CC=C)C(=C)N=NN=c1n(CC=C)c2ccccc2n1CC=C. The predicted molar refractivity (Wildman–Crippen MR) is 141 cm³/mol. The number of rotatable bonds is 13. The van der Waals surface area contributed by atoms with E-state index in [0.29, 0.717) is 31.1 Å². The number of hydrogen-bond acceptors (Lipinski definition) is 3. The minimum Gasteiger partial charge on any atom is -0.316 e. The van der Waals surface area contributed by atoms with Crippen molar-refractivity contribution in [3.63, 3.8) is 0 Å². The highest BCUT2D eigenvalue weighted by atomic mass is 15.4. The van der Waals surface area contributed by atoms with Crippen LogP contribution in [0, 0.1) is 0 Å². The lowest BCUT2D eigenvalue weighted by Crippen LogP contribution is -2.77. The third-order valence-corrected chi connectivity index (χ3v) is 5.22. The van der Waals surface area contributed by atoms with Gasteiger partial charge in [-0.05, 0) is 29.5 Å². The second-order valence-corrected chi connectivity index (χ2v) is 7.48. The number of quaternary nitrogens is 1. The van der Waals surface area contributed by atoms with E-state index in [-0.39, 0.29) is 0 Å². The fourth-order valence-electron chi connectivity index (χ4n) is 3.76. The maximum Gasteiger partial charge on any atom is 0.233 e. The highest BCUT2D eigenvalue weighted by molar-refractivity contribution is 5.76. The molecule has 0 amide bonds. The van der Waals surface area contributed by atoms with E-state index >= 15 is 0 Å². The second kappa shape index (κ2) is 12.1. The Morgan fingerprint density at radius 1 is 0.853 bits per heavy atom. The van der Waals surface area contributed by atoms with E-state index in [1.807, 2.05) is 59.5 Å². The normalized spacial score (nSPS) is 10.8. The lowest BCUT2D eigenvalue weighted by Gasteiger charge is -2.22. The van der Waals surface area contributed by atoms with Crippen LogP contribution in [0.3, 0.4) is 0 Å². The molecule has 0 spiro atoms. The van der Waals surface area contributed by atoms with Gasteiger partial charge in [-0.2, -0.15) is 0 Å². The van der Waals surface area contributed by atoms with Gasteiger partial charge in [0.05, 0.1) is 17.6 Å². The zero-order chi connectivity index (χ0) is 24.3. The van der Waals surface area contributed by atoms with Crippen LogP contribution < -0.4 is 15.8 Å². The summed E-state index contributed by atoms with van der Waals surface area (Å²) in [7, 11) is 0. The van der Waals surface area contributed by atoms with Crippen LogP contribution in [0.15, 0.2) is 127 Å². The van der Waals surface area contributed by atoms with Crippen molar-refractivity contribution in [3.05, 3.63) is 117 Å². The van der Waals surface area contributed by atoms with E-state index in [0.717, 1.165) is 29.0 Å². The van der Waals surface area contributed by atoms with Gasteiger partial charge in [-0.25, -0.2) is 0 Å². The lowest BCUT2D eigenvalue weighted by molar-refractivity contribution is -0.560. The van der Waals surface area contributed by atoms with Gasteiger partial charge in [-0.1, -0.05) is 60.8 Å². The Hall–Kier alpha value is -4.23. The number of benzene rings is 2. The molecular formula is C27H32N7+. The zero-order valence-electron chi connectivity index (χ0n) is 19.6. The van der Waals surface area contributed by atoms with Crippen LogP contribution >= 0.6 is 0 Å². The van der Waals surface area contributed by atoms with Crippen molar-refractivity contribution in [2.75, 3.05) is 18.0 Å². The molecule has 0 saturated heterocycles. The van der Waals surface area contributed by atoms with E-state index in [4.69, 9.17) is 0 Å². The third kappa shape index (κ3) is 5.39. The summed E-state index contributed by atoms with van der Waals surface area (Å²) < 4.78 is 4.10. The maximum atomic E-state index is 4.48. The quantitative estimate of drug-likeness (QED) is 0.174. The van der Waals surface area contributed by atoms with Gasteiger partial charge in [-0.3, -0.25) is 0 Å². The highest BCUT2D eigenvalue weighted by Crippen LogP contribution is 2.25. The third-order valence-electron chi connectivity index (χ3n) is 5.22. The topological polar surface area (TPSA) is 66.8 Å². The Labute approximate surface area is 200 Å². The molecule has 2 aromatic carbocycles. The summed E-state index contributed by atoms with van der Waals surface area (Å²) in [5, 5.41) is 15.1. The molecule has 0 atom stereocenters. The first-order valence-corrected chi connectivity index (χ1v) is 11.1. The summed E-state index contributed by atoms with van der Waals surface area (Å²) in [6, 6.07) is 16.2. The number of fused-ring (bicyclic) bond motifs is 1. The van der Waals surface area contributed by atoms with Crippen LogP contribution in [0.2, 0.25) is 0 Å². The average Bonchev–Trinajstić information content (AvgIpc) is 3.14. The molecule has 3 aromatic rings. The van der Waals surface area contributed by atoms with Gasteiger partial charge >= 0.3 is 0 Å². The second-order valence-electron chi connectivity index (χ2n) is 7.48. The zero-order valence-corrected chi connectivity index (χ0v) is 19.6. The molecule has 2 N–H and O–H groups in total. The molecule has 7 heteroatoms. The van der Waals surface area contributed by atoms with Crippen LogP contribution in [-0.2, 0) is 13.1 Å². The van der Waals surface area contributed by atoms with Crippen LogP contribution in [0.25, 0.3) is 11.0 Å². The van der Waals surface area contributed by atoms with Crippen LogP contribution in [0.5, 0.6) is 0 Å². The van der Waals surface area contributed by atoms with Crippen molar-refractivity contribution in [1.82, 2.24) is 9.13 Å². The first kappa shape index (κ1) is 24.4. The van der Waals surface area contributed by atoms with Crippen molar-refractivity contribution in [1.29, 1.82) is 0 Å². The van der Waals surface area contributed by atoms with E-state index in [1.165, 1.54) is 0 Å². The number of imidazole rings is 1. The first-order valence-electron chi connectivity index (χ1n) is 11.1. The Balaban J connectivity index is 2.02. The van der Waals surface area contributed by atoms with Gasteiger partial charge in [-0.15, -0.1) is 24.9 Å². The van der Waals surface area contributed by atoms with Crippen molar-refractivity contribution in [2.24, 2.45) is 15.4 Å². The summed E-state index contributed by atoms with van der Waals surface area (Å²) in [5.41, 5.74) is 4.77. The standard InChI is InChI=1S/C27H31N7/c1-6-18-28-23-14-10-11-15-24(23)32(19-7-2)22(5)29-31-30-27-33(20-8-3)25-16-12-13-17-26(25)34(27)21-9-4/h6-17,28H,1-5,18-21H2/p+1. The van der Waals surface area contributed by atoms with Crippen molar-refractivity contribution in [3.8, 4) is 0 Å². The molecule has 3 rings (SSSR count). The molecule has 7 nitrogen and oxygen atoms in total.